The van der Waals surface area contributed by atoms with Crippen LogP contribution in [0.4, 0.5) is 0 Å². The topological polar surface area (TPSA) is 35.8 Å². The molecule has 2 aromatic rings. The highest BCUT2D eigenvalue weighted by Crippen LogP contribution is 2.44. The van der Waals surface area contributed by atoms with Gasteiger partial charge in [-0.05, 0) is 19.1 Å². The molecule has 2 atom stereocenters. The first kappa shape index (κ1) is 12.9. The number of rotatable bonds is 1. The van der Waals surface area contributed by atoms with E-state index in [-0.39, 0.29) is 6.04 Å². The molecule has 0 bridgehead atoms. The largest absolute Gasteiger partial charge is 0.363 e. The summed E-state index contributed by atoms with van der Waals surface area (Å²) in [7, 11) is 0. The fourth-order valence-electron chi connectivity index (χ4n) is 3.29. The Morgan fingerprint density at radius 3 is 2.67 bits per heavy atom. The summed E-state index contributed by atoms with van der Waals surface area (Å²) in [5, 5.41) is 12.2. The zero-order chi connectivity index (χ0) is 14.6. The molecule has 0 radical (unpaired) electrons. The van der Waals surface area contributed by atoms with E-state index in [9.17, 15) is 5.11 Å². The van der Waals surface area contributed by atoms with Crippen molar-refractivity contribution in [2.24, 2.45) is 4.99 Å². The van der Waals surface area contributed by atoms with Crippen LogP contribution < -0.4 is 0 Å². The third-order valence-corrected chi connectivity index (χ3v) is 4.48. The first-order valence-corrected chi connectivity index (χ1v) is 7.42. The number of hydrogen-bond acceptors (Lipinski definition) is 3. The van der Waals surface area contributed by atoms with Crippen LogP contribution >= 0.6 is 11.6 Å². The summed E-state index contributed by atoms with van der Waals surface area (Å²) >= 11 is 5.98. The first-order chi connectivity index (χ1) is 10.1. The van der Waals surface area contributed by atoms with E-state index in [1.165, 1.54) is 0 Å². The zero-order valence-corrected chi connectivity index (χ0v) is 12.4. The van der Waals surface area contributed by atoms with Crippen LogP contribution in [0.3, 0.4) is 0 Å². The van der Waals surface area contributed by atoms with Gasteiger partial charge in [0.2, 0.25) is 0 Å². The van der Waals surface area contributed by atoms with Crippen LogP contribution in [0.15, 0.2) is 53.5 Å². The normalized spacial score (nSPS) is 26.5. The quantitative estimate of drug-likeness (QED) is 0.878. The number of benzene rings is 2. The predicted octanol–water partition coefficient (Wildman–Crippen LogP) is 3.00. The lowest BCUT2D eigenvalue weighted by Gasteiger charge is -2.34. The molecule has 106 valence electrons. The minimum absolute atomic E-state index is 0.187. The maximum Gasteiger partial charge on any atom is 0.193 e. The second kappa shape index (κ2) is 4.33. The Labute approximate surface area is 128 Å². The smallest absolute Gasteiger partial charge is 0.193 e. The number of nitrogens with zero attached hydrogens (tertiary/aromatic N) is 2. The minimum atomic E-state index is -1.16. The molecule has 0 saturated carbocycles. The number of amidine groups is 1. The minimum Gasteiger partial charge on any atom is -0.363 e. The molecule has 2 aliphatic rings. The van der Waals surface area contributed by atoms with Crippen molar-refractivity contribution in [3.05, 3.63) is 70.2 Å². The summed E-state index contributed by atoms with van der Waals surface area (Å²) in [6, 6.07) is 15.5. The van der Waals surface area contributed by atoms with Crippen molar-refractivity contribution in [1.82, 2.24) is 4.90 Å². The highest BCUT2D eigenvalue weighted by atomic mass is 35.5. The maximum absolute atomic E-state index is 11.5. The number of aliphatic imine (C=N–C) groups is 1. The summed E-state index contributed by atoms with van der Waals surface area (Å²) in [5.41, 5.74) is 1.56. The van der Waals surface area contributed by atoms with E-state index < -0.39 is 5.72 Å². The van der Waals surface area contributed by atoms with E-state index in [0.717, 1.165) is 22.5 Å². The Bertz CT molecular complexity index is 741. The van der Waals surface area contributed by atoms with Gasteiger partial charge < -0.3 is 10.0 Å². The van der Waals surface area contributed by atoms with Crippen LogP contribution in [-0.2, 0) is 5.72 Å². The molecule has 1 N–H and O–H groups in total. The van der Waals surface area contributed by atoms with Crippen LogP contribution in [0.5, 0.6) is 0 Å². The van der Waals surface area contributed by atoms with Crippen LogP contribution in [-0.4, -0.2) is 28.4 Å². The molecule has 0 spiro atoms. The molecular formula is C17H15ClN2O. The summed E-state index contributed by atoms with van der Waals surface area (Å²) in [6.07, 6.45) is 0. The molecular weight excluding hydrogens is 284 g/mol. The fourth-order valence-corrected chi connectivity index (χ4v) is 3.42. The van der Waals surface area contributed by atoms with Gasteiger partial charge in [0.05, 0.1) is 6.04 Å². The van der Waals surface area contributed by atoms with Gasteiger partial charge in [-0.2, -0.15) is 0 Å². The van der Waals surface area contributed by atoms with Gasteiger partial charge in [0, 0.05) is 28.3 Å². The Hall–Kier alpha value is -1.84. The molecule has 2 aromatic carbocycles. The monoisotopic (exact) mass is 298 g/mol. The molecule has 3 nitrogen and oxygen atoms in total. The van der Waals surface area contributed by atoms with Crippen molar-refractivity contribution >= 4 is 17.4 Å². The van der Waals surface area contributed by atoms with Crippen LogP contribution in [0, 0.1) is 0 Å². The van der Waals surface area contributed by atoms with Crippen molar-refractivity contribution in [2.75, 3.05) is 6.54 Å². The van der Waals surface area contributed by atoms with Gasteiger partial charge in [-0.1, -0.05) is 48.0 Å². The Kier molecular flexibility index (Phi) is 2.65. The van der Waals surface area contributed by atoms with Gasteiger partial charge in [-0.3, -0.25) is 4.99 Å². The molecule has 2 aliphatic heterocycles. The molecule has 0 aliphatic carbocycles. The van der Waals surface area contributed by atoms with E-state index in [1.54, 1.807) is 0 Å². The van der Waals surface area contributed by atoms with Crippen molar-refractivity contribution in [2.45, 2.75) is 18.7 Å². The molecule has 21 heavy (non-hydrogen) atoms. The number of fused-ring (bicyclic) bond motifs is 3. The van der Waals surface area contributed by atoms with Gasteiger partial charge >= 0.3 is 0 Å². The lowest BCUT2D eigenvalue weighted by atomic mass is 9.93. The van der Waals surface area contributed by atoms with Gasteiger partial charge in [-0.15, -0.1) is 0 Å². The molecule has 0 fully saturated rings. The second-order valence-corrected chi connectivity index (χ2v) is 6.07. The predicted molar refractivity (Wildman–Crippen MR) is 83.6 cm³/mol. The summed E-state index contributed by atoms with van der Waals surface area (Å²) in [4.78, 5) is 6.68. The van der Waals surface area contributed by atoms with Gasteiger partial charge in [0.1, 0.15) is 5.84 Å². The number of halogens is 1. The molecule has 4 rings (SSSR count). The van der Waals surface area contributed by atoms with Gasteiger partial charge in [-0.25, -0.2) is 0 Å². The lowest BCUT2D eigenvalue weighted by molar-refractivity contribution is -0.0265. The molecule has 4 heteroatoms. The van der Waals surface area contributed by atoms with Crippen LogP contribution in [0.2, 0.25) is 5.02 Å². The average molecular weight is 299 g/mol. The van der Waals surface area contributed by atoms with Gasteiger partial charge in [0.25, 0.3) is 0 Å². The zero-order valence-electron chi connectivity index (χ0n) is 11.6. The van der Waals surface area contributed by atoms with Crippen molar-refractivity contribution in [3.63, 3.8) is 0 Å². The molecule has 2 unspecified atom stereocenters. The standard InChI is InChI=1S/C17H15ClN2O/c1-11-10-20-16(19-11)14-4-2-3-5-15(14)17(20,21)12-6-8-13(18)9-7-12/h2-9,11,21H,10H2,1H3. The van der Waals surface area contributed by atoms with E-state index in [0.29, 0.717) is 11.6 Å². The molecule has 0 amide bonds. The van der Waals surface area contributed by atoms with E-state index in [4.69, 9.17) is 11.6 Å². The molecule has 0 aromatic heterocycles. The highest BCUT2D eigenvalue weighted by Gasteiger charge is 2.50. The molecule has 2 heterocycles. The van der Waals surface area contributed by atoms with Crippen molar-refractivity contribution in [1.29, 1.82) is 0 Å². The fraction of sp³-hybridized carbons (Fsp3) is 0.235. The van der Waals surface area contributed by atoms with Crippen molar-refractivity contribution in [3.8, 4) is 0 Å². The summed E-state index contributed by atoms with van der Waals surface area (Å²) in [6.45, 7) is 2.78. The Morgan fingerprint density at radius 1 is 1.19 bits per heavy atom. The third kappa shape index (κ3) is 1.68. The van der Waals surface area contributed by atoms with E-state index in [2.05, 4.69) is 11.9 Å². The SMILES string of the molecule is CC1CN2C(=N1)c1ccccc1C2(O)c1ccc(Cl)cc1. The van der Waals surface area contributed by atoms with Crippen LogP contribution in [0.1, 0.15) is 23.6 Å². The maximum atomic E-state index is 11.5. The molecule has 0 saturated heterocycles. The number of hydrogen-bond donors (Lipinski definition) is 1. The van der Waals surface area contributed by atoms with Gasteiger partial charge in [0.15, 0.2) is 5.72 Å². The Balaban J connectivity index is 1.96. The highest BCUT2D eigenvalue weighted by molar-refractivity contribution is 6.30. The summed E-state index contributed by atoms with van der Waals surface area (Å²) < 4.78 is 0. The third-order valence-electron chi connectivity index (χ3n) is 4.23. The first-order valence-electron chi connectivity index (χ1n) is 7.04. The number of aliphatic hydroxyl groups is 1. The average Bonchev–Trinajstić information content (AvgIpc) is 2.98. The van der Waals surface area contributed by atoms with Crippen molar-refractivity contribution < 1.29 is 5.11 Å². The second-order valence-electron chi connectivity index (χ2n) is 5.64. The van der Waals surface area contributed by atoms with E-state index >= 15 is 0 Å². The van der Waals surface area contributed by atoms with E-state index in [1.807, 2.05) is 53.4 Å². The lowest BCUT2D eigenvalue weighted by Crippen LogP contribution is -2.44. The summed E-state index contributed by atoms with van der Waals surface area (Å²) in [5.74, 6) is 0.885. The van der Waals surface area contributed by atoms with Crippen LogP contribution in [0.25, 0.3) is 0 Å². The Morgan fingerprint density at radius 2 is 1.90 bits per heavy atom.